The van der Waals surface area contributed by atoms with Crippen LogP contribution in [0.3, 0.4) is 0 Å². The first-order chi connectivity index (χ1) is 9.13. The molecule has 0 radical (unpaired) electrons. The van der Waals surface area contributed by atoms with Crippen molar-refractivity contribution < 1.29 is 14.3 Å². The molecule has 0 aromatic heterocycles. The van der Waals surface area contributed by atoms with Crippen molar-refractivity contribution in [3.05, 3.63) is 35.6 Å². The van der Waals surface area contributed by atoms with Crippen LogP contribution in [0.2, 0.25) is 0 Å². The van der Waals surface area contributed by atoms with Crippen molar-refractivity contribution in [3.63, 3.8) is 0 Å². The number of nitrogens with zero attached hydrogens (tertiary/aromatic N) is 1. The van der Waals surface area contributed by atoms with Crippen LogP contribution in [-0.2, 0) is 14.3 Å². The number of aliphatic imine (C=N–C) groups is 1. The molecule has 1 unspecified atom stereocenters. The Kier molecular flexibility index (Phi) is 4.06. The van der Waals surface area contributed by atoms with Gasteiger partial charge < -0.3 is 10.1 Å². The second-order valence-electron chi connectivity index (χ2n) is 4.36. The molecule has 0 spiro atoms. The van der Waals surface area contributed by atoms with E-state index in [4.69, 9.17) is 4.74 Å². The van der Waals surface area contributed by atoms with Gasteiger partial charge in [0.25, 0.3) is 5.91 Å². The number of carbonyl (C=O) groups excluding carboxylic acids is 2. The van der Waals surface area contributed by atoms with Gasteiger partial charge in [0.2, 0.25) is 5.91 Å². The molecular formula is C14H16N2O3. The van der Waals surface area contributed by atoms with Gasteiger partial charge in [0.1, 0.15) is 6.61 Å². The van der Waals surface area contributed by atoms with E-state index in [2.05, 4.69) is 10.3 Å². The van der Waals surface area contributed by atoms with Gasteiger partial charge in [-0.1, -0.05) is 18.6 Å². The molecule has 5 nitrogen and oxygen atoms in total. The van der Waals surface area contributed by atoms with E-state index in [1.54, 1.807) is 18.2 Å². The predicted octanol–water partition coefficient (Wildman–Crippen LogP) is 1.14. The lowest BCUT2D eigenvalue weighted by molar-refractivity contribution is -0.121. The predicted molar refractivity (Wildman–Crippen MR) is 71.5 cm³/mol. The standard InChI is InChI=1S/C14H16N2O3/c1-3-9-6-13(17)16-12-7-10(4-5-11(9)12)15-14(18)8-19-2/h4-7,11H,3,8H2,1-2H3,(H,16,17). The lowest BCUT2D eigenvalue weighted by Crippen LogP contribution is -2.33. The SMILES string of the molecule is CCC1=CC(=O)NC2=CC(=NC(=O)COC)C=CC12. The summed E-state index contributed by atoms with van der Waals surface area (Å²) in [5.74, 6) is -0.387. The molecule has 0 aromatic carbocycles. The molecule has 0 bridgehead atoms. The number of nitrogens with one attached hydrogen (secondary N) is 1. The first-order valence-electron chi connectivity index (χ1n) is 6.15. The van der Waals surface area contributed by atoms with E-state index in [1.807, 2.05) is 13.0 Å². The van der Waals surface area contributed by atoms with Crippen molar-refractivity contribution in [2.45, 2.75) is 13.3 Å². The van der Waals surface area contributed by atoms with E-state index < -0.39 is 0 Å². The number of carbonyl (C=O) groups is 2. The number of methoxy groups -OCH3 is 1. The Labute approximate surface area is 111 Å². The highest BCUT2D eigenvalue weighted by molar-refractivity contribution is 6.11. The third-order valence-corrected chi connectivity index (χ3v) is 3.01. The van der Waals surface area contributed by atoms with Crippen molar-refractivity contribution in [2.75, 3.05) is 13.7 Å². The first-order valence-corrected chi connectivity index (χ1v) is 6.15. The van der Waals surface area contributed by atoms with Crippen LogP contribution in [0.15, 0.2) is 40.6 Å². The van der Waals surface area contributed by atoms with Gasteiger partial charge in [-0.15, -0.1) is 0 Å². The molecule has 2 aliphatic rings. The fraction of sp³-hybridized carbons (Fsp3) is 0.357. The summed E-state index contributed by atoms with van der Waals surface area (Å²) in [4.78, 5) is 26.8. The van der Waals surface area contributed by atoms with Crippen molar-refractivity contribution in [2.24, 2.45) is 10.9 Å². The van der Waals surface area contributed by atoms with Crippen LogP contribution >= 0.6 is 0 Å². The van der Waals surface area contributed by atoms with Crippen molar-refractivity contribution in [3.8, 4) is 0 Å². The number of allylic oxidation sites excluding steroid dienone is 3. The summed E-state index contributed by atoms with van der Waals surface area (Å²) in [7, 11) is 1.45. The number of amides is 2. The molecule has 2 amide bonds. The molecule has 1 atom stereocenters. The normalized spacial score (nSPS) is 23.6. The van der Waals surface area contributed by atoms with Gasteiger partial charge >= 0.3 is 0 Å². The number of fused-ring (bicyclic) bond motifs is 1. The number of rotatable bonds is 3. The Hall–Kier alpha value is -2.01. The first kappa shape index (κ1) is 13.4. The topological polar surface area (TPSA) is 67.8 Å². The number of ether oxygens (including phenoxy) is 1. The molecule has 0 aromatic rings. The third-order valence-electron chi connectivity index (χ3n) is 3.01. The van der Waals surface area contributed by atoms with E-state index in [9.17, 15) is 9.59 Å². The minimum absolute atomic E-state index is 0.0452. The van der Waals surface area contributed by atoms with Crippen LogP contribution in [0.1, 0.15) is 13.3 Å². The minimum atomic E-state index is -0.342. The molecule has 1 aliphatic carbocycles. The third kappa shape index (κ3) is 3.06. The van der Waals surface area contributed by atoms with Gasteiger partial charge in [0.15, 0.2) is 0 Å². The van der Waals surface area contributed by atoms with E-state index >= 15 is 0 Å². The van der Waals surface area contributed by atoms with E-state index in [-0.39, 0.29) is 24.3 Å². The molecule has 2 rings (SSSR count). The molecule has 0 fully saturated rings. The lowest BCUT2D eigenvalue weighted by Gasteiger charge is -2.26. The summed E-state index contributed by atoms with van der Waals surface area (Å²) < 4.78 is 4.72. The van der Waals surface area contributed by atoms with E-state index in [0.29, 0.717) is 5.71 Å². The summed E-state index contributed by atoms with van der Waals surface area (Å²) in [5, 5.41) is 2.79. The van der Waals surface area contributed by atoms with E-state index in [0.717, 1.165) is 17.7 Å². The highest BCUT2D eigenvalue weighted by atomic mass is 16.5. The minimum Gasteiger partial charge on any atom is -0.375 e. The molecule has 5 heteroatoms. The zero-order chi connectivity index (χ0) is 13.8. The Bertz CT molecular complexity index is 527. The second kappa shape index (κ2) is 5.75. The second-order valence-corrected chi connectivity index (χ2v) is 4.36. The zero-order valence-electron chi connectivity index (χ0n) is 11.0. The maximum atomic E-state index is 11.5. The Morgan fingerprint density at radius 3 is 2.95 bits per heavy atom. The summed E-state index contributed by atoms with van der Waals surface area (Å²) in [5.41, 5.74) is 2.37. The average molecular weight is 260 g/mol. The molecule has 0 saturated heterocycles. The molecule has 100 valence electrons. The molecule has 19 heavy (non-hydrogen) atoms. The highest BCUT2D eigenvalue weighted by Gasteiger charge is 2.25. The fourth-order valence-electron chi connectivity index (χ4n) is 2.16. The maximum Gasteiger partial charge on any atom is 0.272 e. The Balaban J connectivity index is 2.24. The van der Waals surface area contributed by atoms with Gasteiger partial charge in [0, 0.05) is 24.8 Å². The number of hydrogen-bond donors (Lipinski definition) is 1. The molecule has 1 heterocycles. The zero-order valence-corrected chi connectivity index (χ0v) is 11.0. The summed E-state index contributed by atoms with van der Waals surface area (Å²) in [6, 6.07) is 0. The van der Waals surface area contributed by atoms with Gasteiger partial charge in [0.05, 0.1) is 5.71 Å². The monoisotopic (exact) mass is 260 g/mol. The average Bonchev–Trinajstić information content (AvgIpc) is 2.37. The molecular weight excluding hydrogens is 244 g/mol. The molecule has 1 N–H and O–H groups in total. The summed E-state index contributed by atoms with van der Waals surface area (Å²) in [6.07, 6.45) is 7.92. The van der Waals surface area contributed by atoms with Gasteiger partial charge in [-0.3, -0.25) is 9.59 Å². The van der Waals surface area contributed by atoms with Gasteiger partial charge in [-0.25, -0.2) is 4.99 Å². The quantitative estimate of drug-likeness (QED) is 0.827. The van der Waals surface area contributed by atoms with Crippen molar-refractivity contribution in [1.82, 2.24) is 5.32 Å². The van der Waals surface area contributed by atoms with Gasteiger partial charge in [-0.05, 0) is 18.6 Å². The molecule has 1 aliphatic heterocycles. The van der Waals surface area contributed by atoms with Crippen LogP contribution in [0, 0.1) is 5.92 Å². The van der Waals surface area contributed by atoms with E-state index in [1.165, 1.54) is 7.11 Å². The van der Waals surface area contributed by atoms with Crippen LogP contribution in [0.4, 0.5) is 0 Å². The summed E-state index contributed by atoms with van der Waals surface area (Å²) >= 11 is 0. The van der Waals surface area contributed by atoms with Crippen LogP contribution in [0.25, 0.3) is 0 Å². The van der Waals surface area contributed by atoms with Gasteiger partial charge in [-0.2, -0.15) is 0 Å². The highest BCUT2D eigenvalue weighted by Crippen LogP contribution is 2.28. The Morgan fingerprint density at radius 1 is 1.47 bits per heavy atom. The van der Waals surface area contributed by atoms with Crippen LogP contribution < -0.4 is 5.32 Å². The summed E-state index contributed by atoms with van der Waals surface area (Å²) in [6.45, 7) is 1.97. The van der Waals surface area contributed by atoms with Crippen molar-refractivity contribution in [1.29, 1.82) is 0 Å². The fourth-order valence-corrected chi connectivity index (χ4v) is 2.16. The maximum absolute atomic E-state index is 11.5. The Morgan fingerprint density at radius 2 is 2.26 bits per heavy atom. The lowest BCUT2D eigenvalue weighted by atomic mass is 9.86. The van der Waals surface area contributed by atoms with Crippen molar-refractivity contribution >= 4 is 17.5 Å². The molecule has 0 saturated carbocycles. The largest absolute Gasteiger partial charge is 0.375 e. The number of hydrogen-bond acceptors (Lipinski definition) is 3. The van der Waals surface area contributed by atoms with Crippen LogP contribution in [0.5, 0.6) is 0 Å². The smallest absolute Gasteiger partial charge is 0.272 e. The van der Waals surface area contributed by atoms with Crippen LogP contribution in [-0.4, -0.2) is 31.2 Å².